The molecule has 1 amide bonds. The summed E-state index contributed by atoms with van der Waals surface area (Å²) in [5.41, 5.74) is 1.81. The van der Waals surface area contributed by atoms with Gasteiger partial charge in [-0.25, -0.2) is 4.79 Å². The third kappa shape index (κ3) is 4.91. The maximum absolute atomic E-state index is 12.0. The Labute approximate surface area is 123 Å². The lowest BCUT2D eigenvalue weighted by molar-refractivity contribution is -0.155. The molecule has 0 unspecified atom stereocenters. The second-order valence-electron chi connectivity index (χ2n) is 4.81. The minimum atomic E-state index is -1.36. The van der Waals surface area contributed by atoms with Crippen molar-refractivity contribution in [3.8, 4) is 0 Å². The first-order chi connectivity index (χ1) is 9.85. The van der Waals surface area contributed by atoms with Crippen LogP contribution >= 0.6 is 0 Å². The quantitative estimate of drug-likeness (QED) is 0.797. The van der Waals surface area contributed by atoms with Crippen molar-refractivity contribution in [2.45, 2.75) is 39.3 Å². The molecule has 0 spiro atoms. The van der Waals surface area contributed by atoms with Crippen LogP contribution in [0.25, 0.3) is 0 Å². The fraction of sp³-hybridized carbons (Fsp3) is 0.400. The molecule has 0 saturated heterocycles. The van der Waals surface area contributed by atoms with E-state index >= 15 is 0 Å². The van der Waals surface area contributed by atoms with E-state index in [-0.39, 0.29) is 18.9 Å². The fourth-order valence-electron chi connectivity index (χ4n) is 1.96. The fourth-order valence-corrected chi connectivity index (χ4v) is 1.96. The van der Waals surface area contributed by atoms with Crippen molar-refractivity contribution >= 4 is 17.8 Å². The molecule has 0 radical (unpaired) electrons. The molecule has 1 rings (SSSR count). The number of aliphatic carboxylic acids is 2. The van der Waals surface area contributed by atoms with Crippen LogP contribution in [0.5, 0.6) is 0 Å². The predicted octanol–water partition coefficient (Wildman–Crippen LogP) is 1.66. The van der Waals surface area contributed by atoms with Gasteiger partial charge in [0.2, 0.25) is 5.91 Å². The van der Waals surface area contributed by atoms with Crippen molar-refractivity contribution in [1.29, 1.82) is 0 Å². The molecule has 114 valence electrons. The van der Waals surface area contributed by atoms with E-state index in [0.717, 1.165) is 16.0 Å². The van der Waals surface area contributed by atoms with E-state index in [1.54, 1.807) is 19.1 Å². The third-order valence-corrected chi connectivity index (χ3v) is 3.13. The van der Waals surface area contributed by atoms with Crippen molar-refractivity contribution in [3.05, 3.63) is 35.4 Å². The molecule has 0 aliphatic rings. The van der Waals surface area contributed by atoms with E-state index < -0.39 is 24.4 Å². The van der Waals surface area contributed by atoms with E-state index in [2.05, 4.69) is 0 Å². The van der Waals surface area contributed by atoms with Crippen LogP contribution in [0.15, 0.2) is 24.3 Å². The molecule has 21 heavy (non-hydrogen) atoms. The number of aryl methyl sites for hydroxylation is 1. The average Bonchev–Trinajstić information content (AvgIpc) is 2.43. The van der Waals surface area contributed by atoms with Crippen LogP contribution < -0.4 is 0 Å². The van der Waals surface area contributed by atoms with Crippen LogP contribution in [-0.4, -0.2) is 39.0 Å². The number of carbonyl (C=O) groups excluding carboxylic acids is 1. The van der Waals surface area contributed by atoms with Gasteiger partial charge in [0, 0.05) is 13.0 Å². The van der Waals surface area contributed by atoms with E-state index in [1.807, 2.05) is 19.1 Å². The summed E-state index contributed by atoms with van der Waals surface area (Å²) < 4.78 is 0. The molecular weight excluding hydrogens is 274 g/mol. The number of rotatable bonds is 7. The van der Waals surface area contributed by atoms with Crippen molar-refractivity contribution in [3.63, 3.8) is 0 Å². The van der Waals surface area contributed by atoms with Gasteiger partial charge in [-0.15, -0.1) is 0 Å². The van der Waals surface area contributed by atoms with Crippen LogP contribution in [0.2, 0.25) is 0 Å². The zero-order valence-corrected chi connectivity index (χ0v) is 12.1. The molecule has 0 saturated carbocycles. The Morgan fingerprint density at radius 1 is 1.14 bits per heavy atom. The standard InChI is InChI=1S/C15H19NO5/c1-3-13(17)16(12(15(20)21)8-14(18)19)9-11-6-4-10(2)5-7-11/h4-7,12H,3,8-9H2,1-2H3,(H,18,19)(H,20,21)/t12-/m0/s1. The Balaban J connectivity index is 3.02. The Bertz CT molecular complexity index is 523. The van der Waals surface area contributed by atoms with Gasteiger partial charge in [0.15, 0.2) is 0 Å². The Kier molecular flexibility index (Phi) is 5.90. The van der Waals surface area contributed by atoms with Gasteiger partial charge >= 0.3 is 11.9 Å². The number of carboxylic acid groups (broad SMARTS) is 2. The number of benzene rings is 1. The Morgan fingerprint density at radius 3 is 2.14 bits per heavy atom. The highest BCUT2D eigenvalue weighted by molar-refractivity contribution is 5.86. The van der Waals surface area contributed by atoms with Gasteiger partial charge in [0.25, 0.3) is 0 Å². The van der Waals surface area contributed by atoms with Crippen LogP contribution in [0.4, 0.5) is 0 Å². The van der Waals surface area contributed by atoms with Gasteiger partial charge in [-0.1, -0.05) is 36.8 Å². The van der Waals surface area contributed by atoms with Crippen LogP contribution in [-0.2, 0) is 20.9 Å². The molecule has 1 aromatic carbocycles. The third-order valence-electron chi connectivity index (χ3n) is 3.13. The van der Waals surface area contributed by atoms with Crippen LogP contribution in [0.1, 0.15) is 30.9 Å². The highest BCUT2D eigenvalue weighted by Gasteiger charge is 2.31. The van der Waals surface area contributed by atoms with Crippen LogP contribution in [0, 0.1) is 6.92 Å². The Hall–Kier alpha value is -2.37. The van der Waals surface area contributed by atoms with Crippen molar-refractivity contribution < 1.29 is 24.6 Å². The topological polar surface area (TPSA) is 94.9 Å². The molecule has 0 heterocycles. The number of hydrogen-bond donors (Lipinski definition) is 2. The summed E-state index contributed by atoms with van der Waals surface area (Å²) in [6.07, 6.45) is -0.498. The molecule has 1 atom stereocenters. The molecule has 0 bridgehead atoms. The maximum atomic E-state index is 12.0. The van der Waals surface area contributed by atoms with Gasteiger partial charge in [-0.2, -0.15) is 0 Å². The molecule has 0 aliphatic carbocycles. The molecule has 1 aromatic rings. The van der Waals surface area contributed by atoms with Gasteiger partial charge in [0.05, 0.1) is 6.42 Å². The SMILES string of the molecule is CCC(=O)N(Cc1ccc(C)cc1)[C@@H](CC(=O)O)C(=O)O. The monoisotopic (exact) mass is 293 g/mol. The summed E-state index contributed by atoms with van der Waals surface area (Å²) in [6.45, 7) is 3.62. The van der Waals surface area contributed by atoms with Gasteiger partial charge in [-0.05, 0) is 12.5 Å². The number of hydrogen-bond acceptors (Lipinski definition) is 3. The summed E-state index contributed by atoms with van der Waals surface area (Å²) >= 11 is 0. The number of carboxylic acids is 2. The molecular formula is C15H19NO5. The molecule has 6 nitrogen and oxygen atoms in total. The molecule has 2 N–H and O–H groups in total. The summed E-state index contributed by atoms with van der Waals surface area (Å²) in [7, 11) is 0. The normalized spacial score (nSPS) is 11.7. The smallest absolute Gasteiger partial charge is 0.327 e. The summed E-state index contributed by atoms with van der Waals surface area (Å²) in [4.78, 5) is 35.2. The molecule has 0 fully saturated rings. The van der Waals surface area contributed by atoms with Gasteiger partial charge in [-0.3, -0.25) is 9.59 Å². The van der Waals surface area contributed by atoms with E-state index in [1.165, 1.54) is 0 Å². The largest absolute Gasteiger partial charge is 0.481 e. The van der Waals surface area contributed by atoms with Gasteiger partial charge in [0.1, 0.15) is 6.04 Å². The zero-order chi connectivity index (χ0) is 16.0. The summed E-state index contributed by atoms with van der Waals surface area (Å²) in [5, 5.41) is 18.0. The number of carbonyl (C=O) groups is 3. The summed E-state index contributed by atoms with van der Waals surface area (Å²) in [6, 6.07) is 5.94. The first-order valence-electron chi connectivity index (χ1n) is 6.64. The first-order valence-corrected chi connectivity index (χ1v) is 6.64. The lowest BCUT2D eigenvalue weighted by atomic mass is 10.1. The highest BCUT2D eigenvalue weighted by Crippen LogP contribution is 2.14. The maximum Gasteiger partial charge on any atom is 0.327 e. The number of nitrogens with zero attached hydrogens (tertiary/aromatic N) is 1. The summed E-state index contributed by atoms with van der Waals surface area (Å²) in [5.74, 6) is -2.95. The second-order valence-corrected chi connectivity index (χ2v) is 4.81. The van der Waals surface area contributed by atoms with Crippen molar-refractivity contribution in [2.75, 3.05) is 0 Å². The van der Waals surface area contributed by atoms with Crippen molar-refractivity contribution in [2.24, 2.45) is 0 Å². The Morgan fingerprint density at radius 2 is 1.71 bits per heavy atom. The van der Waals surface area contributed by atoms with Crippen molar-refractivity contribution in [1.82, 2.24) is 4.90 Å². The van der Waals surface area contributed by atoms with E-state index in [0.29, 0.717) is 0 Å². The van der Waals surface area contributed by atoms with Gasteiger partial charge < -0.3 is 15.1 Å². The zero-order valence-electron chi connectivity index (χ0n) is 12.1. The lowest BCUT2D eigenvalue weighted by Gasteiger charge is -2.28. The molecule has 0 aliphatic heterocycles. The average molecular weight is 293 g/mol. The number of amides is 1. The first kappa shape index (κ1) is 16.7. The highest BCUT2D eigenvalue weighted by atomic mass is 16.4. The van der Waals surface area contributed by atoms with E-state index in [9.17, 15) is 19.5 Å². The van der Waals surface area contributed by atoms with E-state index in [4.69, 9.17) is 5.11 Å². The lowest BCUT2D eigenvalue weighted by Crippen LogP contribution is -2.45. The molecule has 6 heteroatoms. The predicted molar refractivity (Wildman–Crippen MR) is 75.7 cm³/mol. The minimum Gasteiger partial charge on any atom is -0.481 e. The van der Waals surface area contributed by atoms with Crippen LogP contribution in [0.3, 0.4) is 0 Å². The minimum absolute atomic E-state index is 0.0806. The second kappa shape index (κ2) is 7.42. The molecule has 0 aromatic heterocycles.